The number of hydrogen-bond donors (Lipinski definition) is 1. The molecule has 25 heavy (non-hydrogen) atoms. The van der Waals surface area contributed by atoms with Gasteiger partial charge in [-0.1, -0.05) is 48.5 Å². The van der Waals surface area contributed by atoms with E-state index in [4.69, 9.17) is 4.74 Å². The first-order valence-electron chi connectivity index (χ1n) is 7.57. The van der Waals surface area contributed by atoms with Gasteiger partial charge in [-0.2, -0.15) is 8.42 Å². The van der Waals surface area contributed by atoms with Gasteiger partial charge >= 0.3 is 10.1 Å². The number of hydrogen-bond acceptors (Lipinski definition) is 5. The van der Waals surface area contributed by atoms with E-state index < -0.39 is 27.2 Å². The fourth-order valence-corrected chi connectivity index (χ4v) is 3.60. The highest BCUT2D eigenvalue weighted by molar-refractivity contribution is 7.86. The van der Waals surface area contributed by atoms with Crippen LogP contribution < -0.4 is 5.01 Å². The summed E-state index contributed by atoms with van der Waals surface area (Å²) < 4.78 is 38.9. The number of amides is 1. The first kappa shape index (κ1) is 17.4. The Kier molecular flexibility index (Phi) is 4.28. The van der Waals surface area contributed by atoms with Crippen LogP contribution in [0.25, 0.3) is 0 Å². The fourth-order valence-electron chi connectivity index (χ4n) is 2.80. The number of carbonyl (C=O) groups excluding carboxylic acids is 1. The highest BCUT2D eigenvalue weighted by Crippen LogP contribution is 2.39. The van der Waals surface area contributed by atoms with Gasteiger partial charge in [-0.15, -0.1) is 0 Å². The zero-order chi connectivity index (χ0) is 18.2. The van der Waals surface area contributed by atoms with Gasteiger partial charge in [-0.25, -0.2) is 5.01 Å². The Morgan fingerprint density at radius 3 is 2.12 bits per heavy atom. The first-order valence-corrected chi connectivity index (χ1v) is 9.07. The standard InChI is InChI=1S/C17H18N2O5S/c1-17(13-9-5-3-6-10-13)15(20)19(16(24-17)25(21,22)23)18(2)14-11-7-4-8-12-14/h3-12,16H,1-2H3,(H,21,22,23). The topological polar surface area (TPSA) is 87.2 Å². The van der Waals surface area contributed by atoms with Crippen molar-refractivity contribution in [1.29, 1.82) is 0 Å². The van der Waals surface area contributed by atoms with E-state index in [1.807, 2.05) is 0 Å². The highest BCUT2D eigenvalue weighted by Gasteiger charge is 2.57. The van der Waals surface area contributed by atoms with Crippen LogP contribution >= 0.6 is 0 Å². The number of anilines is 1. The highest BCUT2D eigenvalue weighted by atomic mass is 32.2. The van der Waals surface area contributed by atoms with Crippen molar-refractivity contribution >= 4 is 21.7 Å². The zero-order valence-electron chi connectivity index (χ0n) is 13.7. The van der Waals surface area contributed by atoms with Crippen molar-refractivity contribution in [1.82, 2.24) is 5.01 Å². The van der Waals surface area contributed by atoms with Crippen molar-refractivity contribution in [2.75, 3.05) is 12.1 Å². The molecule has 2 aromatic rings. The quantitative estimate of drug-likeness (QED) is 0.837. The van der Waals surface area contributed by atoms with Crippen LogP contribution in [0.4, 0.5) is 5.69 Å². The number of para-hydroxylation sites is 1. The molecule has 1 saturated heterocycles. The van der Waals surface area contributed by atoms with Gasteiger partial charge in [-0.05, 0) is 24.6 Å². The first-order chi connectivity index (χ1) is 11.7. The average Bonchev–Trinajstić information content (AvgIpc) is 2.89. The molecule has 0 radical (unpaired) electrons. The van der Waals surface area contributed by atoms with Crippen LogP contribution in [0.5, 0.6) is 0 Å². The van der Waals surface area contributed by atoms with Gasteiger partial charge in [0.25, 0.3) is 11.5 Å². The second-order valence-corrected chi connectivity index (χ2v) is 7.28. The maximum atomic E-state index is 13.1. The van der Waals surface area contributed by atoms with Gasteiger partial charge in [0.15, 0.2) is 5.60 Å². The van der Waals surface area contributed by atoms with Crippen LogP contribution in [0.3, 0.4) is 0 Å². The number of carbonyl (C=O) groups is 1. The van der Waals surface area contributed by atoms with Gasteiger partial charge in [-0.3, -0.25) is 14.4 Å². The summed E-state index contributed by atoms with van der Waals surface area (Å²) in [4.78, 5) is 13.1. The molecule has 1 aliphatic heterocycles. The molecule has 1 amide bonds. The summed E-state index contributed by atoms with van der Waals surface area (Å²) >= 11 is 0. The minimum Gasteiger partial charge on any atom is -0.320 e. The van der Waals surface area contributed by atoms with Gasteiger partial charge < -0.3 is 4.74 Å². The lowest BCUT2D eigenvalue weighted by Gasteiger charge is -2.31. The van der Waals surface area contributed by atoms with Crippen molar-refractivity contribution in [3.8, 4) is 0 Å². The summed E-state index contributed by atoms with van der Waals surface area (Å²) in [5.74, 6) is -0.590. The summed E-state index contributed by atoms with van der Waals surface area (Å²) in [5, 5.41) is 2.27. The van der Waals surface area contributed by atoms with Crippen LogP contribution in [-0.2, 0) is 25.3 Å². The van der Waals surface area contributed by atoms with Gasteiger partial charge in [0, 0.05) is 7.05 Å². The van der Waals surface area contributed by atoms with Crippen molar-refractivity contribution in [3.05, 3.63) is 66.2 Å². The van der Waals surface area contributed by atoms with E-state index in [0.29, 0.717) is 11.3 Å². The summed E-state index contributed by atoms with van der Waals surface area (Å²) in [6, 6.07) is 17.3. The van der Waals surface area contributed by atoms with Gasteiger partial charge in [0.1, 0.15) is 0 Å². The lowest BCUT2D eigenvalue weighted by atomic mass is 9.95. The third kappa shape index (κ3) is 2.99. The molecule has 0 spiro atoms. The van der Waals surface area contributed by atoms with E-state index in [-0.39, 0.29) is 0 Å². The Morgan fingerprint density at radius 2 is 1.60 bits per heavy atom. The molecular formula is C17H18N2O5S. The second kappa shape index (κ2) is 6.14. The molecular weight excluding hydrogens is 344 g/mol. The molecule has 1 fully saturated rings. The molecule has 8 heteroatoms. The molecule has 1 N–H and O–H groups in total. The van der Waals surface area contributed by atoms with Crippen molar-refractivity contribution in [2.45, 2.75) is 18.1 Å². The molecule has 1 aliphatic rings. The lowest BCUT2D eigenvalue weighted by molar-refractivity contribution is -0.136. The van der Waals surface area contributed by atoms with Crippen LogP contribution in [0, 0.1) is 0 Å². The second-order valence-electron chi connectivity index (χ2n) is 5.85. The summed E-state index contributed by atoms with van der Waals surface area (Å²) in [7, 11) is -3.14. The molecule has 0 saturated carbocycles. The third-order valence-corrected chi connectivity index (χ3v) is 4.99. The van der Waals surface area contributed by atoms with E-state index >= 15 is 0 Å². The maximum absolute atomic E-state index is 13.1. The average molecular weight is 362 g/mol. The molecule has 2 atom stereocenters. The minimum absolute atomic E-state index is 0.498. The van der Waals surface area contributed by atoms with E-state index in [2.05, 4.69) is 0 Å². The molecule has 0 aromatic heterocycles. The van der Waals surface area contributed by atoms with Crippen molar-refractivity contribution < 1.29 is 22.5 Å². The molecule has 3 rings (SSSR count). The Labute approximate surface area is 146 Å². The van der Waals surface area contributed by atoms with Crippen molar-refractivity contribution in [3.63, 3.8) is 0 Å². The normalized spacial score (nSPS) is 23.7. The number of benzene rings is 2. The molecule has 2 aromatic carbocycles. The van der Waals surface area contributed by atoms with Crippen LogP contribution in [0.15, 0.2) is 60.7 Å². The Bertz CT molecular complexity index is 872. The molecule has 2 unspecified atom stereocenters. The minimum atomic E-state index is -4.68. The van der Waals surface area contributed by atoms with Crippen LogP contribution in [0.1, 0.15) is 12.5 Å². The monoisotopic (exact) mass is 362 g/mol. The molecule has 132 valence electrons. The number of rotatable bonds is 4. The number of hydrazine groups is 1. The SMILES string of the molecule is CN(c1ccccc1)N1C(=O)C(C)(c2ccccc2)OC1S(=O)(=O)O. The lowest BCUT2D eigenvalue weighted by Crippen LogP contribution is -2.50. The van der Waals surface area contributed by atoms with Crippen LogP contribution in [-0.4, -0.2) is 36.5 Å². The molecule has 7 nitrogen and oxygen atoms in total. The number of nitrogens with zero attached hydrogens (tertiary/aromatic N) is 2. The van der Waals surface area contributed by atoms with E-state index in [1.165, 1.54) is 19.0 Å². The van der Waals surface area contributed by atoms with E-state index in [1.54, 1.807) is 60.7 Å². The Hall–Kier alpha value is -2.42. The Morgan fingerprint density at radius 1 is 1.08 bits per heavy atom. The predicted octanol–water partition coefficient (Wildman–Crippen LogP) is 1.98. The molecule has 0 bridgehead atoms. The summed E-state index contributed by atoms with van der Waals surface area (Å²) in [5.41, 5.74) is -2.30. The largest absolute Gasteiger partial charge is 0.320 e. The summed E-state index contributed by atoms with van der Waals surface area (Å²) in [6.07, 6.45) is 0. The molecule has 0 aliphatic carbocycles. The number of ether oxygens (including phenoxy) is 1. The van der Waals surface area contributed by atoms with E-state index in [9.17, 15) is 17.8 Å². The fraction of sp³-hybridized carbons (Fsp3) is 0.235. The third-order valence-electron chi connectivity index (χ3n) is 4.18. The summed E-state index contributed by atoms with van der Waals surface area (Å²) in [6.45, 7) is 1.49. The van der Waals surface area contributed by atoms with Gasteiger partial charge in [0.2, 0.25) is 0 Å². The van der Waals surface area contributed by atoms with Crippen molar-refractivity contribution in [2.24, 2.45) is 0 Å². The predicted molar refractivity (Wildman–Crippen MR) is 91.9 cm³/mol. The maximum Gasteiger partial charge on any atom is 0.314 e. The van der Waals surface area contributed by atoms with E-state index in [0.717, 1.165) is 5.01 Å². The zero-order valence-corrected chi connectivity index (χ0v) is 14.6. The van der Waals surface area contributed by atoms with Crippen LogP contribution in [0.2, 0.25) is 0 Å². The smallest absolute Gasteiger partial charge is 0.314 e. The van der Waals surface area contributed by atoms with Gasteiger partial charge in [0.05, 0.1) is 5.69 Å². The Balaban J connectivity index is 2.08. The molecule has 1 heterocycles.